The van der Waals surface area contributed by atoms with Crippen LogP contribution in [0.25, 0.3) is 0 Å². The summed E-state index contributed by atoms with van der Waals surface area (Å²) in [7, 11) is 2.61. The van der Waals surface area contributed by atoms with Crippen molar-refractivity contribution in [2.45, 2.75) is 28.9 Å². The van der Waals surface area contributed by atoms with Gasteiger partial charge in [-0.05, 0) is 12.8 Å². The van der Waals surface area contributed by atoms with Crippen LogP contribution in [0, 0.1) is 0 Å². The average molecular weight is 370 g/mol. The van der Waals surface area contributed by atoms with Gasteiger partial charge in [-0.2, -0.15) is 0 Å². The molecule has 0 unspecified atom stereocenters. The maximum atomic E-state index is 11.8. The highest BCUT2D eigenvalue weighted by Gasteiger charge is 2.34. The second-order valence-electron chi connectivity index (χ2n) is 3.68. The molecule has 0 heterocycles. The quantitative estimate of drug-likeness (QED) is 0.553. The zero-order valence-electron chi connectivity index (χ0n) is 9.66. The van der Waals surface area contributed by atoms with E-state index in [9.17, 15) is 9.59 Å². The van der Waals surface area contributed by atoms with E-state index in [-0.39, 0.29) is 9.65 Å². The third kappa shape index (κ3) is 3.31. The highest BCUT2D eigenvalue weighted by atomic mass is 79.9. The van der Waals surface area contributed by atoms with Crippen LogP contribution >= 0.6 is 31.9 Å². The standard InChI is InChI=1S/C11H14Br2O4/c1-16-10(14)8-6(12)4-3-5-7(13)9(8)11(15)17-2/h6-7H,3-5H2,1-2H3/t6-,7+. The van der Waals surface area contributed by atoms with E-state index in [1.54, 1.807) is 0 Å². The van der Waals surface area contributed by atoms with Crippen molar-refractivity contribution < 1.29 is 19.1 Å². The predicted octanol–water partition coefficient (Wildman–Crippen LogP) is 2.34. The van der Waals surface area contributed by atoms with E-state index in [0.29, 0.717) is 11.1 Å². The summed E-state index contributed by atoms with van der Waals surface area (Å²) in [6, 6.07) is 0. The Kier molecular flexibility index (Phi) is 5.66. The van der Waals surface area contributed by atoms with Gasteiger partial charge in [0.25, 0.3) is 0 Å². The molecule has 0 aromatic carbocycles. The highest BCUT2D eigenvalue weighted by Crippen LogP contribution is 2.34. The molecule has 1 aliphatic rings. The molecule has 4 nitrogen and oxygen atoms in total. The molecule has 0 bridgehead atoms. The van der Waals surface area contributed by atoms with Crippen LogP contribution < -0.4 is 0 Å². The Balaban J connectivity index is 3.28. The first-order valence-electron chi connectivity index (χ1n) is 5.21. The number of alkyl halides is 2. The number of carbonyl (C=O) groups is 2. The lowest BCUT2D eigenvalue weighted by Crippen LogP contribution is -2.23. The molecule has 0 radical (unpaired) electrons. The fourth-order valence-electron chi connectivity index (χ4n) is 1.80. The van der Waals surface area contributed by atoms with Crippen LogP contribution in [0.1, 0.15) is 19.3 Å². The Morgan fingerprint density at radius 2 is 1.35 bits per heavy atom. The van der Waals surface area contributed by atoms with E-state index in [1.165, 1.54) is 14.2 Å². The molecule has 0 N–H and O–H groups in total. The average Bonchev–Trinajstić information content (AvgIpc) is 2.46. The summed E-state index contributed by atoms with van der Waals surface area (Å²) in [5, 5.41) is 0. The first-order chi connectivity index (χ1) is 8.02. The minimum absolute atomic E-state index is 0.174. The molecule has 0 fully saturated rings. The SMILES string of the molecule is COC(=O)C1=C(C(=O)OC)[C@@H](Br)CCC[C@H]1Br. The molecular formula is C11H14Br2O4. The van der Waals surface area contributed by atoms with Crippen molar-refractivity contribution in [3.63, 3.8) is 0 Å². The zero-order valence-corrected chi connectivity index (χ0v) is 12.8. The topological polar surface area (TPSA) is 52.6 Å². The van der Waals surface area contributed by atoms with Crippen molar-refractivity contribution in [1.29, 1.82) is 0 Å². The van der Waals surface area contributed by atoms with Gasteiger partial charge in [-0.1, -0.05) is 38.3 Å². The van der Waals surface area contributed by atoms with Crippen molar-refractivity contribution >= 4 is 43.8 Å². The van der Waals surface area contributed by atoms with Crippen LogP contribution in [0.3, 0.4) is 0 Å². The molecule has 0 aromatic rings. The second kappa shape index (κ2) is 6.54. The number of carbonyl (C=O) groups excluding carboxylic acids is 2. The maximum absolute atomic E-state index is 11.8. The normalized spacial score (nSPS) is 25.2. The molecule has 0 saturated heterocycles. The van der Waals surface area contributed by atoms with Gasteiger partial charge in [-0.15, -0.1) is 0 Å². The molecule has 0 aromatic heterocycles. The van der Waals surface area contributed by atoms with Crippen LogP contribution in [0.5, 0.6) is 0 Å². The van der Waals surface area contributed by atoms with Crippen LogP contribution in [-0.2, 0) is 19.1 Å². The fraction of sp³-hybridized carbons (Fsp3) is 0.636. The lowest BCUT2D eigenvalue weighted by molar-refractivity contribution is -0.139. The number of esters is 2. The van der Waals surface area contributed by atoms with Gasteiger partial charge < -0.3 is 9.47 Å². The fourth-order valence-corrected chi connectivity index (χ4v) is 3.31. The van der Waals surface area contributed by atoms with Gasteiger partial charge in [0.05, 0.1) is 25.4 Å². The minimum atomic E-state index is -0.487. The Labute approximate surface area is 117 Å². The summed E-state index contributed by atoms with van der Waals surface area (Å²) < 4.78 is 9.47. The van der Waals surface area contributed by atoms with Gasteiger partial charge in [-0.25, -0.2) is 9.59 Å². The van der Waals surface area contributed by atoms with Gasteiger partial charge >= 0.3 is 11.9 Å². The molecular weight excluding hydrogens is 356 g/mol. The Hall–Kier alpha value is -0.360. The van der Waals surface area contributed by atoms with Crippen LogP contribution in [-0.4, -0.2) is 35.8 Å². The minimum Gasteiger partial charge on any atom is -0.466 e. The first-order valence-corrected chi connectivity index (χ1v) is 7.04. The molecule has 0 spiro atoms. The van der Waals surface area contributed by atoms with E-state index >= 15 is 0 Å². The van der Waals surface area contributed by atoms with Crippen molar-refractivity contribution in [2.75, 3.05) is 14.2 Å². The number of hydrogen-bond acceptors (Lipinski definition) is 4. The van der Waals surface area contributed by atoms with Gasteiger partial charge in [0, 0.05) is 9.65 Å². The molecule has 17 heavy (non-hydrogen) atoms. The Morgan fingerprint density at radius 3 is 1.65 bits per heavy atom. The smallest absolute Gasteiger partial charge is 0.335 e. The summed E-state index contributed by atoms with van der Waals surface area (Å²) in [6.07, 6.45) is 2.48. The maximum Gasteiger partial charge on any atom is 0.335 e. The number of rotatable bonds is 2. The summed E-state index contributed by atoms with van der Waals surface area (Å²) in [5.41, 5.74) is 0.720. The molecule has 0 aliphatic heterocycles. The Bertz CT molecular complexity index is 319. The molecule has 1 aliphatic carbocycles. The van der Waals surface area contributed by atoms with Gasteiger partial charge in [0.1, 0.15) is 0 Å². The summed E-state index contributed by atoms with van der Waals surface area (Å²) in [6.45, 7) is 0. The van der Waals surface area contributed by atoms with E-state index < -0.39 is 11.9 Å². The third-order valence-electron chi connectivity index (χ3n) is 2.64. The van der Waals surface area contributed by atoms with E-state index in [0.717, 1.165) is 19.3 Å². The summed E-state index contributed by atoms with van der Waals surface area (Å²) >= 11 is 6.85. The predicted molar refractivity (Wildman–Crippen MR) is 70.3 cm³/mol. The van der Waals surface area contributed by atoms with Crippen molar-refractivity contribution in [1.82, 2.24) is 0 Å². The lowest BCUT2D eigenvalue weighted by atomic mass is 10.0. The van der Waals surface area contributed by atoms with Crippen LogP contribution in [0.15, 0.2) is 11.1 Å². The highest BCUT2D eigenvalue weighted by molar-refractivity contribution is 9.10. The molecule has 0 saturated carbocycles. The first kappa shape index (κ1) is 14.7. The number of methoxy groups -OCH3 is 2. The van der Waals surface area contributed by atoms with Crippen LogP contribution in [0.4, 0.5) is 0 Å². The molecule has 0 amide bonds. The monoisotopic (exact) mass is 368 g/mol. The van der Waals surface area contributed by atoms with Gasteiger partial charge in [0.2, 0.25) is 0 Å². The van der Waals surface area contributed by atoms with E-state index in [1.807, 2.05) is 0 Å². The zero-order chi connectivity index (χ0) is 13.0. The van der Waals surface area contributed by atoms with Gasteiger partial charge in [0.15, 0.2) is 0 Å². The summed E-state index contributed by atoms with van der Waals surface area (Å²) in [4.78, 5) is 23.2. The second-order valence-corrected chi connectivity index (χ2v) is 5.89. The molecule has 1 rings (SSSR count). The number of hydrogen-bond donors (Lipinski definition) is 0. The van der Waals surface area contributed by atoms with Crippen molar-refractivity contribution in [2.24, 2.45) is 0 Å². The molecule has 6 heteroatoms. The number of ether oxygens (including phenoxy) is 2. The van der Waals surface area contributed by atoms with Crippen molar-refractivity contribution in [3.8, 4) is 0 Å². The van der Waals surface area contributed by atoms with E-state index in [4.69, 9.17) is 9.47 Å². The van der Waals surface area contributed by atoms with E-state index in [2.05, 4.69) is 31.9 Å². The van der Waals surface area contributed by atoms with Crippen molar-refractivity contribution in [3.05, 3.63) is 11.1 Å². The molecule has 96 valence electrons. The Morgan fingerprint density at radius 1 is 1.00 bits per heavy atom. The third-order valence-corrected chi connectivity index (χ3v) is 4.47. The lowest BCUT2D eigenvalue weighted by Gasteiger charge is -2.15. The summed E-state index contributed by atoms with van der Waals surface area (Å²) in [5.74, 6) is -0.975. The molecule has 2 atom stereocenters. The largest absolute Gasteiger partial charge is 0.466 e. The van der Waals surface area contributed by atoms with Gasteiger partial charge in [-0.3, -0.25) is 0 Å². The number of halogens is 2. The van der Waals surface area contributed by atoms with Crippen LogP contribution in [0.2, 0.25) is 0 Å².